The second kappa shape index (κ2) is 12.6. The van der Waals surface area contributed by atoms with E-state index in [4.69, 9.17) is 5.26 Å². The number of carbonyl (C=O) groups is 2. The number of nitrogens with zero attached hydrogens (tertiary/aromatic N) is 2. The van der Waals surface area contributed by atoms with Crippen molar-refractivity contribution in [3.05, 3.63) is 86.9 Å². The summed E-state index contributed by atoms with van der Waals surface area (Å²) in [7, 11) is 0. The van der Waals surface area contributed by atoms with E-state index in [0.717, 1.165) is 23.1 Å². The van der Waals surface area contributed by atoms with Crippen molar-refractivity contribution in [1.82, 2.24) is 0 Å². The number of benzene rings is 3. The van der Waals surface area contributed by atoms with Crippen molar-refractivity contribution in [2.75, 3.05) is 23.0 Å². The molecule has 0 bridgehead atoms. The van der Waals surface area contributed by atoms with E-state index in [1.807, 2.05) is 0 Å². The number of carbonyl (C=O) groups excluding carboxylic acids is 2. The van der Waals surface area contributed by atoms with Crippen LogP contribution in [0.1, 0.15) is 44.7 Å². The van der Waals surface area contributed by atoms with Crippen LogP contribution in [0.4, 0.5) is 50.9 Å². The second-order valence-electron chi connectivity index (χ2n) is 9.95. The summed E-state index contributed by atoms with van der Waals surface area (Å²) in [5.74, 6) is -4.46. The van der Waals surface area contributed by atoms with Crippen LogP contribution in [0.25, 0.3) is 0 Å². The lowest BCUT2D eigenvalue weighted by Gasteiger charge is -2.31. The number of hydrogen-bond acceptors (Lipinski definition) is 4. The van der Waals surface area contributed by atoms with E-state index in [2.05, 4.69) is 21.2 Å². The smallest absolute Gasteiger partial charge is 0.320 e. The molecule has 238 valence electrons. The van der Waals surface area contributed by atoms with Crippen LogP contribution in [0.2, 0.25) is 0 Å². The van der Waals surface area contributed by atoms with Gasteiger partial charge in [-0.1, -0.05) is 6.07 Å². The minimum absolute atomic E-state index is 0.0344. The van der Waals surface area contributed by atoms with Crippen molar-refractivity contribution in [1.29, 1.82) is 5.26 Å². The molecule has 16 heteroatoms. The summed E-state index contributed by atoms with van der Waals surface area (Å²) in [5.41, 5.74) is -9.50. The van der Waals surface area contributed by atoms with Gasteiger partial charge in [-0.25, -0.2) is 13.2 Å². The van der Waals surface area contributed by atoms with Gasteiger partial charge in [0.15, 0.2) is 5.82 Å². The van der Waals surface area contributed by atoms with Crippen molar-refractivity contribution in [3.8, 4) is 6.07 Å². The third kappa shape index (κ3) is 6.64. The highest BCUT2D eigenvalue weighted by Gasteiger charge is 2.73. The van der Waals surface area contributed by atoms with E-state index in [1.54, 1.807) is 6.07 Å². The summed E-state index contributed by atoms with van der Waals surface area (Å²) in [6.07, 6.45) is -10.1. The predicted octanol–water partition coefficient (Wildman–Crippen LogP) is 8.92. The van der Waals surface area contributed by atoms with Crippen molar-refractivity contribution < 1.29 is 49.1 Å². The largest absolute Gasteiger partial charge is 0.435 e. The van der Waals surface area contributed by atoms with Crippen molar-refractivity contribution >= 4 is 50.9 Å². The van der Waals surface area contributed by atoms with E-state index in [1.165, 1.54) is 24.5 Å². The van der Waals surface area contributed by atoms with Gasteiger partial charge in [0.1, 0.15) is 5.82 Å². The number of rotatable bonds is 8. The Kier molecular flexibility index (Phi) is 9.56. The van der Waals surface area contributed by atoms with Crippen molar-refractivity contribution in [2.45, 2.75) is 35.8 Å². The molecule has 0 aliphatic heterocycles. The van der Waals surface area contributed by atoms with Gasteiger partial charge in [-0.2, -0.15) is 31.6 Å². The molecule has 1 fully saturated rings. The van der Waals surface area contributed by atoms with Gasteiger partial charge >= 0.3 is 18.0 Å². The van der Waals surface area contributed by atoms with Gasteiger partial charge in [-0.05, 0) is 83.4 Å². The van der Waals surface area contributed by atoms with Crippen LogP contribution in [0.3, 0.4) is 0 Å². The molecule has 45 heavy (non-hydrogen) atoms. The fourth-order valence-corrected chi connectivity index (χ4v) is 5.69. The Morgan fingerprint density at radius 2 is 1.64 bits per heavy atom. The van der Waals surface area contributed by atoms with E-state index >= 15 is 4.39 Å². The summed E-state index contributed by atoms with van der Waals surface area (Å²) in [4.78, 5) is 27.1. The molecule has 2 amide bonds. The topological polar surface area (TPSA) is 73.2 Å². The highest BCUT2D eigenvalue weighted by molar-refractivity contribution is 9.10. The number of alkyl halides is 7. The standard InChI is InChI=1S/C29H19BrF9N3O2S/c1-45-22-11-16(27(33,28(34,35)36)29(37,38)39)10-19(30)24(22)41-25(43)18-3-2-4-21(23(18)32)42(13-14-5-6-14)26(44)17-8-7-15(12-40)9-20(17)31/h2-4,7-11,14H,5-6,13H2,1H3,(H,41,43). The van der Waals surface area contributed by atoms with Crippen LogP contribution in [0, 0.1) is 28.9 Å². The van der Waals surface area contributed by atoms with E-state index < -0.39 is 73.2 Å². The van der Waals surface area contributed by atoms with Gasteiger partial charge in [0.05, 0.1) is 34.1 Å². The third-order valence-electron chi connectivity index (χ3n) is 6.92. The fraction of sp³-hybridized carbons (Fsp3) is 0.276. The zero-order chi connectivity index (χ0) is 33.5. The maximum atomic E-state index is 15.9. The molecule has 0 radical (unpaired) electrons. The van der Waals surface area contributed by atoms with Gasteiger partial charge in [-0.3, -0.25) is 9.59 Å². The van der Waals surface area contributed by atoms with E-state index in [0.29, 0.717) is 24.6 Å². The minimum atomic E-state index is -6.38. The van der Waals surface area contributed by atoms with Gasteiger partial charge in [0.2, 0.25) is 0 Å². The number of anilines is 2. The summed E-state index contributed by atoms with van der Waals surface area (Å²) in [6, 6.07) is 8.73. The third-order valence-corrected chi connectivity index (χ3v) is 8.30. The molecule has 4 rings (SSSR count). The number of hydrogen-bond donors (Lipinski definition) is 1. The van der Waals surface area contributed by atoms with Crippen molar-refractivity contribution in [3.63, 3.8) is 0 Å². The van der Waals surface area contributed by atoms with Gasteiger partial charge < -0.3 is 10.2 Å². The highest BCUT2D eigenvalue weighted by atomic mass is 79.9. The van der Waals surface area contributed by atoms with Crippen LogP contribution in [0.15, 0.2) is 57.9 Å². The predicted molar refractivity (Wildman–Crippen MR) is 151 cm³/mol. The molecule has 0 heterocycles. The zero-order valence-electron chi connectivity index (χ0n) is 22.7. The van der Waals surface area contributed by atoms with Crippen LogP contribution in [-0.2, 0) is 5.67 Å². The van der Waals surface area contributed by atoms with Crippen LogP contribution < -0.4 is 10.2 Å². The molecule has 0 atom stereocenters. The van der Waals surface area contributed by atoms with Crippen LogP contribution >= 0.6 is 27.7 Å². The Bertz CT molecular complexity index is 1690. The molecule has 0 aromatic heterocycles. The molecule has 1 aliphatic rings. The first-order valence-electron chi connectivity index (χ1n) is 12.8. The molecule has 0 saturated heterocycles. The summed E-state index contributed by atoms with van der Waals surface area (Å²) in [5, 5.41) is 11.2. The Hall–Kier alpha value is -3.71. The lowest BCUT2D eigenvalue weighted by atomic mass is 9.94. The Morgan fingerprint density at radius 1 is 1.00 bits per heavy atom. The van der Waals surface area contributed by atoms with Crippen LogP contribution in [0.5, 0.6) is 0 Å². The van der Waals surface area contributed by atoms with E-state index in [9.17, 15) is 44.7 Å². The number of halogens is 10. The molecule has 0 spiro atoms. The molecule has 5 nitrogen and oxygen atoms in total. The maximum absolute atomic E-state index is 15.9. The average Bonchev–Trinajstić information content (AvgIpc) is 3.79. The molecule has 1 N–H and O–H groups in total. The Balaban J connectivity index is 1.72. The molecular weight excluding hydrogens is 705 g/mol. The zero-order valence-corrected chi connectivity index (χ0v) is 25.1. The summed E-state index contributed by atoms with van der Waals surface area (Å²) < 4.78 is 125. The summed E-state index contributed by atoms with van der Waals surface area (Å²) in [6.45, 7) is -0.0344. The number of nitriles is 1. The maximum Gasteiger partial charge on any atom is 0.435 e. The molecule has 1 aliphatic carbocycles. The molecule has 1 saturated carbocycles. The first-order valence-corrected chi connectivity index (χ1v) is 14.8. The van der Waals surface area contributed by atoms with Crippen molar-refractivity contribution in [2.24, 2.45) is 5.92 Å². The first kappa shape index (κ1) is 34.2. The normalized spacial score (nSPS) is 13.7. The lowest BCUT2D eigenvalue weighted by molar-refractivity contribution is -0.348. The SMILES string of the molecule is CSc1cc(C(F)(C(F)(F)F)C(F)(F)F)cc(Br)c1NC(=O)c1cccc(N(CC2CC2)C(=O)c2ccc(C#N)cc2F)c1F. The number of nitrogens with one attached hydrogen (secondary N) is 1. The minimum Gasteiger partial charge on any atom is -0.320 e. The van der Waals surface area contributed by atoms with Gasteiger partial charge in [0.25, 0.3) is 11.8 Å². The second-order valence-corrected chi connectivity index (χ2v) is 11.7. The molecule has 3 aromatic rings. The average molecular weight is 724 g/mol. The van der Waals surface area contributed by atoms with Crippen LogP contribution in [-0.4, -0.2) is 37.0 Å². The summed E-state index contributed by atoms with van der Waals surface area (Å²) >= 11 is 3.37. The quantitative estimate of drug-likeness (QED) is 0.186. The lowest BCUT2D eigenvalue weighted by Crippen LogP contribution is -2.50. The highest BCUT2D eigenvalue weighted by Crippen LogP contribution is 2.54. The molecule has 3 aromatic carbocycles. The Morgan fingerprint density at radius 3 is 2.18 bits per heavy atom. The first-order chi connectivity index (χ1) is 20.9. The molecular formula is C29H19BrF9N3O2S. The number of amides is 2. The molecule has 0 unspecified atom stereocenters. The van der Waals surface area contributed by atoms with E-state index in [-0.39, 0.29) is 35.8 Å². The van der Waals surface area contributed by atoms with Gasteiger partial charge in [0, 0.05) is 21.5 Å². The van der Waals surface area contributed by atoms with Gasteiger partial charge in [-0.15, -0.1) is 11.8 Å². The Labute approximate surface area is 262 Å². The number of thioether (sulfide) groups is 1. The monoisotopic (exact) mass is 723 g/mol. The fourth-order valence-electron chi connectivity index (χ4n) is 4.39.